The van der Waals surface area contributed by atoms with Gasteiger partial charge in [-0.3, -0.25) is 9.78 Å². The number of H-pyrrole nitrogens is 1. The molecule has 0 unspecified atom stereocenters. The second kappa shape index (κ2) is 4.06. The van der Waals surface area contributed by atoms with Gasteiger partial charge in [0.25, 0.3) is 5.56 Å². The van der Waals surface area contributed by atoms with Crippen LogP contribution < -0.4 is 21.5 Å². The van der Waals surface area contributed by atoms with Crippen LogP contribution in [-0.2, 0) is 6.54 Å². The van der Waals surface area contributed by atoms with Crippen LogP contribution in [0.2, 0.25) is 0 Å². The maximum Gasteiger partial charge on any atom is 0.278 e. The molecule has 1 aromatic heterocycles. The van der Waals surface area contributed by atoms with E-state index in [0.717, 1.165) is 5.56 Å². The monoisotopic (exact) mass is 243 g/mol. The molecule has 2 aromatic rings. The van der Waals surface area contributed by atoms with E-state index in [0.29, 0.717) is 24.7 Å². The van der Waals surface area contributed by atoms with Crippen molar-refractivity contribution >= 4 is 17.5 Å². The Morgan fingerprint density at radius 1 is 1.33 bits per heavy atom. The van der Waals surface area contributed by atoms with Crippen LogP contribution in [0.25, 0.3) is 0 Å². The van der Waals surface area contributed by atoms with E-state index in [-0.39, 0.29) is 11.5 Å². The molecule has 3 rings (SSSR count). The number of nitrogens with one attached hydrogen (secondary N) is 2. The van der Waals surface area contributed by atoms with E-state index in [2.05, 4.69) is 15.3 Å². The SMILES string of the molecule is Nc1nc2c(c(=O)[nH]1)N(Cc1ccccc1)CN2. The second-order valence-corrected chi connectivity index (χ2v) is 4.17. The van der Waals surface area contributed by atoms with E-state index < -0.39 is 0 Å². The highest BCUT2D eigenvalue weighted by Crippen LogP contribution is 2.26. The Morgan fingerprint density at radius 2 is 2.11 bits per heavy atom. The number of aromatic nitrogens is 2. The van der Waals surface area contributed by atoms with Gasteiger partial charge in [0.15, 0.2) is 5.82 Å². The number of benzene rings is 1. The number of aromatic amines is 1. The largest absolute Gasteiger partial charge is 0.369 e. The molecule has 0 radical (unpaired) electrons. The Morgan fingerprint density at radius 3 is 2.89 bits per heavy atom. The zero-order valence-corrected chi connectivity index (χ0v) is 9.68. The highest BCUT2D eigenvalue weighted by molar-refractivity contribution is 5.70. The van der Waals surface area contributed by atoms with E-state index in [9.17, 15) is 4.79 Å². The molecule has 6 nitrogen and oxygen atoms in total. The smallest absolute Gasteiger partial charge is 0.278 e. The van der Waals surface area contributed by atoms with Gasteiger partial charge < -0.3 is 16.0 Å². The lowest BCUT2D eigenvalue weighted by Gasteiger charge is -2.16. The molecule has 2 heterocycles. The Labute approximate surface area is 103 Å². The standard InChI is InChI=1S/C12H13N5O/c13-12-15-10-9(11(18)16-12)17(7-14-10)6-8-4-2-1-3-5-8/h1-5H,6-7H2,(H4,13,14,15,16,18). The molecule has 18 heavy (non-hydrogen) atoms. The van der Waals surface area contributed by atoms with Gasteiger partial charge in [-0.25, -0.2) is 0 Å². The van der Waals surface area contributed by atoms with E-state index >= 15 is 0 Å². The summed E-state index contributed by atoms with van der Waals surface area (Å²) in [5.41, 5.74) is 6.99. The number of hydrogen-bond donors (Lipinski definition) is 3. The van der Waals surface area contributed by atoms with Crippen molar-refractivity contribution in [2.24, 2.45) is 0 Å². The number of nitrogens with two attached hydrogens (primary N) is 1. The highest BCUT2D eigenvalue weighted by Gasteiger charge is 2.23. The molecule has 0 aliphatic carbocycles. The zero-order chi connectivity index (χ0) is 12.5. The molecule has 1 aliphatic rings. The maximum absolute atomic E-state index is 11.9. The summed E-state index contributed by atoms with van der Waals surface area (Å²) in [4.78, 5) is 20.4. The van der Waals surface area contributed by atoms with Crippen LogP contribution in [0.1, 0.15) is 5.56 Å². The fourth-order valence-electron chi connectivity index (χ4n) is 2.09. The lowest BCUT2D eigenvalue weighted by molar-refractivity contribution is 0.865. The fraction of sp³-hybridized carbons (Fsp3) is 0.167. The van der Waals surface area contributed by atoms with Crippen molar-refractivity contribution in [2.75, 3.05) is 22.6 Å². The van der Waals surface area contributed by atoms with Gasteiger partial charge in [0.1, 0.15) is 5.69 Å². The number of anilines is 3. The number of fused-ring (bicyclic) bond motifs is 1. The van der Waals surface area contributed by atoms with Gasteiger partial charge in [0.2, 0.25) is 5.95 Å². The first-order valence-corrected chi connectivity index (χ1v) is 5.66. The Hall–Kier alpha value is -2.50. The lowest BCUT2D eigenvalue weighted by atomic mass is 10.2. The molecule has 6 heteroatoms. The molecule has 0 fully saturated rings. The van der Waals surface area contributed by atoms with Gasteiger partial charge in [-0.1, -0.05) is 30.3 Å². The quantitative estimate of drug-likeness (QED) is 0.724. The summed E-state index contributed by atoms with van der Waals surface area (Å²) in [6, 6.07) is 9.97. The third kappa shape index (κ3) is 1.77. The summed E-state index contributed by atoms with van der Waals surface area (Å²) in [7, 11) is 0. The van der Waals surface area contributed by atoms with Gasteiger partial charge in [-0.15, -0.1) is 0 Å². The van der Waals surface area contributed by atoms with Crippen molar-refractivity contribution in [3.63, 3.8) is 0 Å². The van der Waals surface area contributed by atoms with Gasteiger partial charge in [0.05, 0.1) is 6.67 Å². The molecule has 0 amide bonds. The first-order valence-electron chi connectivity index (χ1n) is 5.66. The van der Waals surface area contributed by atoms with Crippen LogP contribution in [0.5, 0.6) is 0 Å². The van der Waals surface area contributed by atoms with Crippen LogP contribution in [0, 0.1) is 0 Å². The fourth-order valence-corrected chi connectivity index (χ4v) is 2.09. The minimum atomic E-state index is -0.210. The van der Waals surface area contributed by atoms with Crippen LogP contribution in [-0.4, -0.2) is 16.6 Å². The number of nitrogens with zero attached hydrogens (tertiary/aromatic N) is 2. The van der Waals surface area contributed by atoms with E-state index in [1.165, 1.54) is 0 Å². The predicted molar refractivity (Wildman–Crippen MR) is 70.4 cm³/mol. The molecular formula is C12H13N5O. The third-order valence-electron chi connectivity index (χ3n) is 2.88. The average Bonchev–Trinajstić information content (AvgIpc) is 2.73. The summed E-state index contributed by atoms with van der Waals surface area (Å²) in [6.07, 6.45) is 0. The molecule has 92 valence electrons. The molecule has 1 aliphatic heterocycles. The van der Waals surface area contributed by atoms with E-state index in [4.69, 9.17) is 5.73 Å². The summed E-state index contributed by atoms with van der Waals surface area (Å²) in [5, 5.41) is 3.07. The van der Waals surface area contributed by atoms with Gasteiger partial charge >= 0.3 is 0 Å². The molecule has 4 N–H and O–H groups in total. The number of hydrogen-bond acceptors (Lipinski definition) is 5. The third-order valence-corrected chi connectivity index (χ3v) is 2.88. The normalized spacial score (nSPS) is 13.2. The van der Waals surface area contributed by atoms with Crippen LogP contribution >= 0.6 is 0 Å². The van der Waals surface area contributed by atoms with Crippen molar-refractivity contribution < 1.29 is 0 Å². The van der Waals surface area contributed by atoms with Crippen LogP contribution in [0.15, 0.2) is 35.1 Å². The topological polar surface area (TPSA) is 87.0 Å². The maximum atomic E-state index is 11.9. The molecule has 0 atom stereocenters. The minimum Gasteiger partial charge on any atom is -0.369 e. The van der Waals surface area contributed by atoms with E-state index in [1.807, 2.05) is 35.2 Å². The summed E-state index contributed by atoms with van der Waals surface area (Å²) >= 11 is 0. The minimum absolute atomic E-state index is 0.132. The molecular weight excluding hydrogens is 230 g/mol. The van der Waals surface area contributed by atoms with Crippen molar-refractivity contribution in [1.82, 2.24) is 9.97 Å². The predicted octanol–water partition coefficient (Wildman–Crippen LogP) is 0.742. The van der Waals surface area contributed by atoms with Crippen LogP contribution in [0.4, 0.5) is 17.5 Å². The average molecular weight is 243 g/mol. The summed E-state index contributed by atoms with van der Waals surface area (Å²) in [5.74, 6) is 0.681. The van der Waals surface area contributed by atoms with E-state index in [1.54, 1.807) is 0 Å². The first kappa shape index (κ1) is 10.6. The van der Waals surface area contributed by atoms with Crippen molar-refractivity contribution in [1.29, 1.82) is 0 Å². The molecule has 0 saturated carbocycles. The Bertz CT molecular complexity index is 622. The lowest BCUT2D eigenvalue weighted by Crippen LogP contribution is -2.26. The summed E-state index contributed by atoms with van der Waals surface area (Å²) < 4.78 is 0. The molecule has 0 spiro atoms. The Kier molecular flexibility index (Phi) is 2.40. The van der Waals surface area contributed by atoms with Gasteiger partial charge in [-0.2, -0.15) is 4.98 Å². The van der Waals surface area contributed by atoms with Gasteiger partial charge in [0, 0.05) is 6.54 Å². The van der Waals surface area contributed by atoms with Crippen LogP contribution in [0.3, 0.4) is 0 Å². The zero-order valence-electron chi connectivity index (χ0n) is 9.68. The van der Waals surface area contributed by atoms with Crippen molar-refractivity contribution in [3.05, 3.63) is 46.2 Å². The van der Waals surface area contributed by atoms with Crippen molar-refractivity contribution in [3.8, 4) is 0 Å². The molecule has 0 saturated heterocycles. The summed E-state index contributed by atoms with van der Waals surface area (Å²) in [6.45, 7) is 1.22. The van der Waals surface area contributed by atoms with Gasteiger partial charge in [-0.05, 0) is 5.56 Å². The highest BCUT2D eigenvalue weighted by atomic mass is 16.1. The number of rotatable bonds is 2. The molecule has 0 bridgehead atoms. The first-order chi connectivity index (χ1) is 8.74. The Balaban J connectivity index is 1.94. The molecule has 1 aromatic carbocycles. The van der Waals surface area contributed by atoms with Crippen molar-refractivity contribution in [2.45, 2.75) is 6.54 Å². The number of nitrogen functional groups attached to an aromatic ring is 1. The second-order valence-electron chi connectivity index (χ2n) is 4.17.